The first kappa shape index (κ1) is 15.3. The van der Waals surface area contributed by atoms with Crippen LogP contribution in [0.5, 0.6) is 0 Å². The summed E-state index contributed by atoms with van der Waals surface area (Å²) in [6, 6.07) is 10.8. The topological polar surface area (TPSA) is 12.0 Å². The van der Waals surface area contributed by atoms with Crippen LogP contribution in [0.4, 0.5) is 4.39 Å². The number of halogens is 3. The van der Waals surface area contributed by atoms with Gasteiger partial charge in [-0.05, 0) is 61.3 Å². The lowest BCUT2D eigenvalue weighted by molar-refractivity contribution is 0.586. The van der Waals surface area contributed by atoms with Gasteiger partial charge in [0.1, 0.15) is 5.82 Å². The Balaban J connectivity index is 2.26. The summed E-state index contributed by atoms with van der Waals surface area (Å²) < 4.78 is 13.2. The molecule has 0 aliphatic heterocycles. The smallest absolute Gasteiger partial charge is 0.141 e. The van der Waals surface area contributed by atoms with E-state index in [0.29, 0.717) is 0 Å². The number of likely N-dealkylation sites (N-methyl/N-ethyl adjacent to an activating group) is 1. The summed E-state index contributed by atoms with van der Waals surface area (Å²) in [5.41, 5.74) is 3.30. The van der Waals surface area contributed by atoms with Crippen molar-refractivity contribution in [2.24, 2.45) is 0 Å². The number of hydrogen-bond acceptors (Lipinski definition) is 1. The molecule has 2 aromatic rings. The van der Waals surface area contributed by atoms with Crippen LogP contribution in [0.25, 0.3) is 0 Å². The second kappa shape index (κ2) is 6.57. The average Bonchev–Trinajstić information content (AvgIpc) is 2.41. The Morgan fingerprint density at radius 3 is 2.50 bits per heavy atom. The van der Waals surface area contributed by atoms with Gasteiger partial charge in [-0.3, -0.25) is 0 Å². The molecule has 0 aliphatic carbocycles. The van der Waals surface area contributed by atoms with Crippen molar-refractivity contribution in [2.45, 2.75) is 19.4 Å². The van der Waals surface area contributed by atoms with Crippen molar-refractivity contribution in [1.82, 2.24) is 5.32 Å². The van der Waals surface area contributed by atoms with Crippen LogP contribution in [0.3, 0.4) is 0 Å². The van der Waals surface area contributed by atoms with Crippen LogP contribution in [0.1, 0.15) is 22.7 Å². The van der Waals surface area contributed by atoms with E-state index in [4.69, 9.17) is 23.2 Å². The lowest BCUT2D eigenvalue weighted by Crippen LogP contribution is -2.19. The van der Waals surface area contributed by atoms with Gasteiger partial charge in [0.25, 0.3) is 0 Å². The molecule has 0 radical (unpaired) electrons. The van der Waals surface area contributed by atoms with Gasteiger partial charge in [-0.15, -0.1) is 0 Å². The van der Waals surface area contributed by atoms with Crippen molar-refractivity contribution in [3.05, 3.63) is 69.0 Å². The zero-order valence-corrected chi connectivity index (χ0v) is 12.9. The molecule has 1 nitrogen and oxygen atoms in total. The molecule has 0 heterocycles. The van der Waals surface area contributed by atoms with Gasteiger partial charge in [0.05, 0.1) is 5.02 Å². The molecule has 2 rings (SSSR count). The summed E-state index contributed by atoms with van der Waals surface area (Å²) in [5.74, 6) is -0.390. The molecule has 0 bridgehead atoms. The molecule has 0 amide bonds. The fourth-order valence-corrected chi connectivity index (χ4v) is 2.73. The third-order valence-corrected chi connectivity index (χ3v) is 3.90. The van der Waals surface area contributed by atoms with Crippen molar-refractivity contribution in [2.75, 3.05) is 7.05 Å². The average molecular weight is 312 g/mol. The number of nitrogens with one attached hydrogen (secondary N) is 1. The monoisotopic (exact) mass is 311 g/mol. The van der Waals surface area contributed by atoms with Crippen LogP contribution in [0.2, 0.25) is 10.0 Å². The van der Waals surface area contributed by atoms with E-state index in [-0.39, 0.29) is 16.9 Å². The van der Waals surface area contributed by atoms with E-state index in [0.717, 1.165) is 22.6 Å². The Bertz CT molecular complexity index is 613. The molecule has 4 heteroatoms. The number of rotatable bonds is 4. The summed E-state index contributed by atoms with van der Waals surface area (Å²) in [5, 5.41) is 4.17. The van der Waals surface area contributed by atoms with Crippen LogP contribution in [-0.4, -0.2) is 7.05 Å². The molecule has 0 spiro atoms. The van der Waals surface area contributed by atoms with Crippen molar-refractivity contribution >= 4 is 23.2 Å². The van der Waals surface area contributed by atoms with Gasteiger partial charge in [-0.1, -0.05) is 35.3 Å². The summed E-state index contributed by atoms with van der Waals surface area (Å²) in [6.45, 7) is 2.03. The molecule has 0 aromatic heterocycles. The van der Waals surface area contributed by atoms with E-state index >= 15 is 0 Å². The van der Waals surface area contributed by atoms with E-state index in [1.165, 1.54) is 11.6 Å². The maximum Gasteiger partial charge on any atom is 0.141 e. The molecule has 0 saturated carbocycles. The van der Waals surface area contributed by atoms with Crippen molar-refractivity contribution in [1.29, 1.82) is 0 Å². The fraction of sp³-hybridized carbons (Fsp3) is 0.250. The Morgan fingerprint density at radius 1 is 1.15 bits per heavy atom. The highest BCUT2D eigenvalue weighted by atomic mass is 35.5. The molecule has 20 heavy (non-hydrogen) atoms. The molecule has 106 valence electrons. The van der Waals surface area contributed by atoms with E-state index in [1.54, 1.807) is 12.1 Å². The minimum absolute atomic E-state index is 0.133. The summed E-state index contributed by atoms with van der Waals surface area (Å²) in [6.07, 6.45) is 0.735. The van der Waals surface area contributed by atoms with Gasteiger partial charge in [-0.2, -0.15) is 0 Å². The predicted octanol–water partition coefficient (Wildman–Crippen LogP) is 4.94. The highest BCUT2D eigenvalue weighted by Gasteiger charge is 2.13. The second-order valence-corrected chi connectivity index (χ2v) is 5.64. The quantitative estimate of drug-likeness (QED) is 0.843. The minimum atomic E-state index is -0.390. The molecular weight excluding hydrogens is 296 g/mol. The summed E-state index contributed by atoms with van der Waals surface area (Å²) in [7, 11) is 1.91. The van der Waals surface area contributed by atoms with Gasteiger partial charge >= 0.3 is 0 Å². The maximum atomic E-state index is 13.2. The van der Waals surface area contributed by atoms with Crippen molar-refractivity contribution in [3.63, 3.8) is 0 Å². The van der Waals surface area contributed by atoms with Crippen LogP contribution in [-0.2, 0) is 6.42 Å². The Kier molecular flexibility index (Phi) is 5.03. The maximum absolute atomic E-state index is 13.2. The summed E-state index contributed by atoms with van der Waals surface area (Å²) in [4.78, 5) is 0. The number of aryl methyl sites for hydroxylation is 1. The SMILES string of the molecule is CNC(Cc1ccc(F)c(Cl)c1)c1ccc(Cl)cc1C. The highest BCUT2D eigenvalue weighted by Crippen LogP contribution is 2.25. The Hall–Kier alpha value is -1.09. The van der Waals surface area contributed by atoms with Crippen molar-refractivity contribution < 1.29 is 4.39 Å². The first-order valence-corrected chi connectivity index (χ1v) is 7.14. The fourth-order valence-electron chi connectivity index (χ4n) is 2.30. The molecule has 1 atom stereocenters. The number of benzene rings is 2. The molecular formula is C16H16Cl2FN. The van der Waals surface area contributed by atoms with Crippen LogP contribution >= 0.6 is 23.2 Å². The minimum Gasteiger partial charge on any atom is -0.313 e. The molecule has 0 aliphatic rings. The van der Waals surface area contributed by atoms with Gasteiger partial charge in [0.15, 0.2) is 0 Å². The first-order valence-electron chi connectivity index (χ1n) is 6.38. The van der Waals surface area contributed by atoms with Crippen LogP contribution in [0, 0.1) is 12.7 Å². The van der Waals surface area contributed by atoms with Gasteiger partial charge in [-0.25, -0.2) is 4.39 Å². The van der Waals surface area contributed by atoms with E-state index < -0.39 is 0 Å². The first-order chi connectivity index (χ1) is 9.51. The lowest BCUT2D eigenvalue weighted by atomic mass is 9.95. The third-order valence-electron chi connectivity index (χ3n) is 3.38. The Morgan fingerprint density at radius 2 is 1.90 bits per heavy atom. The van der Waals surface area contributed by atoms with E-state index in [1.807, 2.05) is 32.2 Å². The number of hydrogen-bond donors (Lipinski definition) is 1. The summed E-state index contributed by atoms with van der Waals surface area (Å²) >= 11 is 11.8. The normalized spacial score (nSPS) is 12.4. The largest absolute Gasteiger partial charge is 0.313 e. The van der Waals surface area contributed by atoms with Crippen molar-refractivity contribution in [3.8, 4) is 0 Å². The molecule has 0 fully saturated rings. The third kappa shape index (κ3) is 3.51. The standard InChI is InChI=1S/C16H16Cl2FN/c1-10-7-12(17)4-5-13(10)16(20-2)9-11-3-6-15(19)14(18)8-11/h3-8,16,20H,9H2,1-2H3. The molecule has 2 aromatic carbocycles. The molecule has 1 unspecified atom stereocenters. The molecule has 1 N–H and O–H groups in total. The second-order valence-electron chi connectivity index (χ2n) is 4.79. The highest BCUT2D eigenvalue weighted by molar-refractivity contribution is 6.31. The van der Waals surface area contributed by atoms with Gasteiger partial charge < -0.3 is 5.32 Å². The van der Waals surface area contributed by atoms with Gasteiger partial charge in [0, 0.05) is 11.1 Å². The zero-order chi connectivity index (χ0) is 14.7. The zero-order valence-electron chi connectivity index (χ0n) is 11.4. The van der Waals surface area contributed by atoms with Crippen LogP contribution < -0.4 is 5.32 Å². The van der Waals surface area contributed by atoms with E-state index in [2.05, 4.69) is 5.32 Å². The van der Waals surface area contributed by atoms with E-state index in [9.17, 15) is 4.39 Å². The van der Waals surface area contributed by atoms with Gasteiger partial charge in [0.2, 0.25) is 0 Å². The molecule has 0 saturated heterocycles. The lowest BCUT2D eigenvalue weighted by Gasteiger charge is -2.19. The predicted molar refractivity (Wildman–Crippen MR) is 83.1 cm³/mol. The van der Waals surface area contributed by atoms with Crippen LogP contribution in [0.15, 0.2) is 36.4 Å². The Labute approximate surface area is 128 Å².